The summed E-state index contributed by atoms with van der Waals surface area (Å²) in [5.41, 5.74) is 7.60. The van der Waals surface area contributed by atoms with E-state index in [0.717, 1.165) is 39.2 Å². The Morgan fingerprint density at radius 1 is 0.556 bits per heavy atom. The van der Waals surface area contributed by atoms with Crippen LogP contribution in [0.2, 0.25) is 0 Å². The first-order valence-corrected chi connectivity index (χ1v) is 14.0. The molecule has 0 aliphatic heterocycles. The van der Waals surface area contributed by atoms with Crippen LogP contribution < -0.4 is 0 Å². The van der Waals surface area contributed by atoms with E-state index >= 15 is 0 Å². The molecule has 0 fully saturated rings. The first-order chi connectivity index (χ1) is 17.6. The molecule has 184 valence electrons. The van der Waals surface area contributed by atoms with Crippen molar-refractivity contribution in [2.24, 2.45) is 0 Å². The normalized spacial score (nSPS) is 10.0. The van der Waals surface area contributed by atoms with E-state index in [1.807, 2.05) is 55.7 Å². The molecule has 0 saturated heterocycles. The molecule has 0 bridgehead atoms. The predicted molar refractivity (Wildman–Crippen MR) is 142 cm³/mol. The maximum atomic E-state index is 10.3. The van der Waals surface area contributed by atoms with Crippen molar-refractivity contribution < 1.29 is 26.6 Å². The third kappa shape index (κ3) is 7.43. The van der Waals surface area contributed by atoms with Gasteiger partial charge in [0.2, 0.25) is 0 Å². The number of hydrogen-bond acceptors (Lipinski definition) is 5. The van der Waals surface area contributed by atoms with Gasteiger partial charge in [0, 0.05) is 23.5 Å². The molecule has 0 saturated carbocycles. The second-order valence-corrected chi connectivity index (χ2v) is 8.51. The first kappa shape index (κ1) is 27.4. The fraction of sp³-hybridized carbons (Fsp3) is 0.0345. The van der Waals surface area contributed by atoms with Crippen molar-refractivity contribution in [3.05, 3.63) is 127 Å². The Balaban J connectivity index is 0.000000253. The predicted octanol–water partition coefficient (Wildman–Crippen LogP) is 7.83. The molecule has 3 aromatic carbocycles. The Labute approximate surface area is 228 Å². The fourth-order valence-corrected chi connectivity index (χ4v) is 3.93. The molecular formula is C29H23ClN2O2PdS. The van der Waals surface area contributed by atoms with Crippen LogP contribution in [0.3, 0.4) is 0 Å². The second-order valence-electron chi connectivity index (χ2n) is 7.57. The average molecular weight is 605 g/mol. The summed E-state index contributed by atoms with van der Waals surface area (Å²) in [4.78, 5) is 9.38. The van der Waals surface area contributed by atoms with Crippen molar-refractivity contribution >= 4 is 20.2 Å². The number of benzene rings is 3. The number of hydrogen-bond donors (Lipinski definition) is 0. The standard InChI is InChI=1S/C22H16N2.C7H7O2S.ClH.Pd/c1-3-11-19(21-13-5-7-15-23-21)17(9-1)18-10-2-4-12-20(18)22-14-6-8-16-24-22;1-6-2-4-7(5-3-6)10(8)9;;/h1-16H;2-5H,1H3;1H;/q;-1;;+2/p-1. The van der Waals surface area contributed by atoms with Gasteiger partial charge in [-0.3, -0.25) is 9.97 Å². The van der Waals surface area contributed by atoms with E-state index in [9.17, 15) is 8.42 Å². The molecule has 5 aromatic rings. The van der Waals surface area contributed by atoms with Crippen LogP contribution in [0, 0.1) is 6.92 Å². The van der Waals surface area contributed by atoms with Gasteiger partial charge in [0.15, 0.2) is 0 Å². The zero-order valence-corrected chi connectivity index (χ0v) is 22.5. The van der Waals surface area contributed by atoms with Crippen LogP contribution in [0.1, 0.15) is 5.56 Å². The monoisotopic (exact) mass is 604 g/mol. The maximum Gasteiger partial charge on any atom is 0.0708 e. The van der Waals surface area contributed by atoms with Gasteiger partial charge in [0.1, 0.15) is 0 Å². The van der Waals surface area contributed by atoms with Crippen LogP contribution in [0.4, 0.5) is 0 Å². The van der Waals surface area contributed by atoms with E-state index in [-0.39, 0.29) is 0 Å². The van der Waals surface area contributed by atoms with Crippen LogP contribution >= 0.6 is 9.53 Å². The Morgan fingerprint density at radius 2 is 0.944 bits per heavy atom. The summed E-state index contributed by atoms with van der Waals surface area (Å²) in [6.45, 7) is 1.91. The molecule has 0 aliphatic carbocycles. The van der Waals surface area contributed by atoms with Crippen molar-refractivity contribution in [2.45, 2.75) is 11.8 Å². The Hall–Kier alpha value is -3.14. The molecule has 7 heteroatoms. The van der Waals surface area contributed by atoms with Crippen LogP contribution in [0.25, 0.3) is 33.6 Å². The summed E-state index contributed by atoms with van der Waals surface area (Å²) in [6, 6.07) is 35.5. The van der Waals surface area contributed by atoms with Crippen molar-refractivity contribution in [2.75, 3.05) is 0 Å². The molecule has 0 N–H and O–H groups in total. The molecule has 4 nitrogen and oxygen atoms in total. The minimum Gasteiger partial charge on any atom is -0.256 e. The van der Waals surface area contributed by atoms with E-state index < -0.39 is 10.7 Å². The quantitative estimate of drug-likeness (QED) is 0.155. The number of pyridine rings is 2. The second kappa shape index (κ2) is 14.4. The van der Waals surface area contributed by atoms with E-state index in [1.54, 1.807) is 24.3 Å². The van der Waals surface area contributed by atoms with Gasteiger partial charge in [-0.1, -0.05) is 95.4 Å². The Bertz CT molecular complexity index is 1360. The molecule has 0 aliphatic rings. The van der Waals surface area contributed by atoms with Gasteiger partial charge in [-0.2, -0.15) is 0 Å². The Morgan fingerprint density at radius 3 is 1.31 bits per heavy atom. The van der Waals surface area contributed by atoms with Gasteiger partial charge in [0.25, 0.3) is 0 Å². The number of aromatic nitrogens is 2. The van der Waals surface area contributed by atoms with Gasteiger partial charge in [0.05, 0.1) is 11.4 Å². The summed E-state index contributed by atoms with van der Waals surface area (Å²) < 4.78 is 20.6. The largest absolute Gasteiger partial charge is 0.256 e. The minimum atomic E-state index is -2.09. The topological polar surface area (TPSA) is 59.9 Å². The summed E-state index contributed by atoms with van der Waals surface area (Å²) >= 11 is 2.22. The zero-order valence-electron chi connectivity index (χ0n) is 19.4. The van der Waals surface area contributed by atoms with Gasteiger partial charge in [-0.15, -0.1) is 0 Å². The summed E-state index contributed by atoms with van der Waals surface area (Å²) in [5, 5.41) is 0. The molecule has 2 aromatic heterocycles. The van der Waals surface area contributed by atoms with Gasteiger partial charge >= 0.3 is 27.7 Å². The third-order valence-electron chi connectivity index (χ3n) is 5.24. The van der Waals surface area contributed by atoms with E-state index in [4.69, 9.17) is 0 Å². The molecular weight excluding hydrogens is 582 g/mol. The summed E-state index contributed by atoms with van der Waals surface area (Å²) in [5.74, 6) is 0. The van der Waals surface area contributed by atoms with Crippen molar-refractivity contribution in [1.29, 1.82) is 0 Å². The molecule has 5 rings (SSSR count). The smallest absolute Gasteiger partial charge is 0.0708 e. The van der Waals surface area contributed by atoms with Crippen molar-refractivity contribution in [1.82, 2.24) is 9.97 Å². The van der Waals surface area contributed by atoms with Gasteiger partial charge in [-0.05, 0) is 53.0 Å². The van der Waals surface area contributed by atoms with Gasteiger partial charge in [-0.25, -0.2) is 0 Å². The molecule has 0 atom stereocenters. The van der Waals surface area contributed by atoms with Crippen LogP contribution in [-0.2, 0) is 37.3 Å². The number of nitrogens with zero attached hydrogens (tertiary/aromatic N) is 2. The SMILES string of the molecule is Cc1ccc([S-](=O)=O)cc1.[Cl][Pd+].c1ccc(-c2ccccc2-c2ccccc2-c2ccccn2)nc1. The molecule has 0 radical (unpaired) electrons. The minimum absolute atomic E-state index is 0.339. The Kier molecular flexibility index (Phi) is 11.0. The fourth-order valence-electron chi connectivity index (χ4n) is 3.58. The van der Waals surface area contributed by atoms with Crippen LogP contribution in [-0.4, -0.2) is 9.97 Å². The van der Waals surface area contributed by atoms with Gasteiger partial charge < -0.3 is 8.42 Å². The maximum absolute atomic E-state index is 10.3. The molecule has 0 unspecified atom stereocenters. The molecule has 0 amide bonds. The van der Waals surface area contributed by atoms with Crippen molar-refractivity contribution in [3.63, 3.8) is 0 Å². The van der Waals surface area contributed by atoms with Crippen LogP contribution in [0.15, 0.2) is 126 Å². The molecule has 36 heavy (non-hydrogen) atoms. The number of aryl methyl sites for hydroxylation is 1. The van der Waals surface area contributed by atoms with E-state index in [2.05, 4.69) is 86.2 Å². The summed E-state index contributed by atoms with van der Waals surface area (Å²) in [7, 11) is 2.40. The third-order valence-corrected chi connectivity index (χ3v) is 5.90. The van der Waals surface area contributed by atoms with E-state index in [0.29, 0.717) is 4.90 Å². The first-order valence-electron chi connectivity index (χ1n) is 10.9. The van der Waals surface area contributed by atoms with Crippen LogP contribution in [0.5, 0.6) is 0 Å². The zero-order chi connectivity index (χ0) is 25.8. The number of rotatable bonds is 4. The summed E-state index contributed by atoms with van der Waals surface area (Å²) in [6.07, 6.45) is 3.66. The molecule has 0 spiro atoms. The number of halogens is 1. The van der Waals surface area contributed by atoms with Crippen molar-refractivity contribution in [3.8, 4) is 33.6 Å². The average Bonchev–Trinajstić information content (AvgIpc) is 2.96. The molecule has 2 heterocycles. The van der Waals surface area contributed by atoms with E-state index in [1.165, 1.54) is 0 Å².